The van der Waals surface area contributed by atoms with Crippen molar-refractivity contribution in [1.29, 1.82) is 0 Å². The molecule has 114 valence electrons. The van der Waals surface area contributed by atoms with Crippen LogP contribution in [0.1, 0.15) is 32.6 Å². The highest BCUT2D eigenvalue weighted by Crippen LogP contribution is 2.39. The fraction of sp³-hybridized carbons (Fsp3) is 0.750. The molecule has 0 atom stereocenters. The summed E-state index contributed by atoms with van der Waals surface area (Å²) in [6, 6.07) is 0.399. The molecule has 8 heteroatoms. The van der Waals surface area contributed by atoms with E-state index in [4.69, 9.17) is 5.73 Å². The molecule has 1 fully saturated rings. The van der Waals surface area contributed by atoms with Crippen molar-refractivity contribution in [1.82, 2.24) is 8.68 Å². The first kappa shape index (κ1) is 15.5. The first-order valence-electron chi connectivity index (χ1n) is 6.84. The van der Waals surface area contributed by atoms with Crippen molar-refractivity contribution in [2.24, 2.45) is 0 Å². The molecule has 1 aliphatic rings. The number of anilines is 2. The molecule has 2 N–H and O–H groups in total. The Hall–Kier alpha value is -0.860. The quantitative estimate of drug-likeness (QED) is 0.894. The van der Waals surface area contributed by atoms with E-state index in [-0.39, 0.29) is 10.7 Å². The van der Waals surface area contributed by atoms with Crippen LogP contribution in [0.5, 0.6) is 0 Å². The minimum atomic E-state index is -3.56. The summed E-state index contributed by atoms with van der Waals surface area (Å²) in [5.74, 6) is 0.107. The highest BCUT2D eigenvalue weighted by Gasteiger charge is 2.33. The first-order valence-corrected chi connectivity index (χ1v) is 9.05. The molecule has 0 aromatic carbocycles. The second-order valence-corrected chi connectivity index (χ2v) is 8.05. The topological polar surface area (TPSA) is 79.5 Å². The number of aromatic nitrogens is 1. The lowest BCUT2D eigenvalue weighted by molar-refractivity contribution is 0.520. The monoisotopic (exact) mass is 318 g/mol. The van der Waals surface area contributed by atoms with Crippen molar-refractivity contribution < 1.29 is 8.42 Å². The van der Waals surface area contributed by atoms with E-state index in [2.05, 4.69) is 9.27 Å². The van der Waals surface area contributed by atoms with Gasteiger partial charge < -0.3 is 10.6 Å². The average molecular weight is 318 g/mol. The summed E-state index contributed by atoms with van der Waals surface area (Å²) in [5, 5.41) is 0.686. The zero-order valence-electron chi connectivity index (χ0n) is 12.2. The second kappa shape index (κ2) is 5.87. The van der Waals surface area contributed by atoms with Crippen molar-refractivity contribution in [3.8, 4) is 0 Å². The van der Waals surface area contributed by atoms with Crippen molar-refractivity contribution in [2.45, 2.75) is 43.5 Å². The molecule has 1 aromatic heterocycles. The molecule has 1 heterocycles. The Kier molecular flexibility index (Phi) is 4.55. The maximum atomic E-state index is 12.5. The fourth-order valence-electron chi connectivity index (χ4n) is 2.68. The first-order chi connectivity index (χ1) is 9.39. The maximum Gasteiger partial charge on any atom is 0.249 e. The van der Waals surface area contributed by atoms with Gasteiger partial charge in [-0.2, -0.15) is 4.37 Å². The predicted octanol–water partition coefficient (Wildman–Crippen LogP) is 1.74. The van der Waals surface area contributed by atoms with Gasteiger partial charge >= 0.3 is 0 Å². The molecule has 0 bridgehead atoms. The van der Waals surface area contributed by atoms with Crippen molar-refractivity contribution in [3.05, 3.63) is 0 Å². The van der Waals surface area contributed by atoms with Crippen LogP contribution in [0.2, 0.25) is 0 Å². The average Bonchev–Trinajstić information content (AvgIpc) is 3.01. The van der Waals surface area contributed by atoms with E-state index < -0.39 is 10.0 Å². The van der Waals surface area contributed by atoms with Crippen LogP contribution >= 0.6 is 11.5 Å². The largest absolute Gasteiger partial charge is 0.382 e. The lowest BCUT2D eigenvalue weighted by Crippen LogP contribution is -2.34. The smallest absolute Gasteiger partial charge is 0.249 e. The van der Waals surface area contributed by atoms with Gasteiger partial charge in [-0.15, -0.1) is 0 Å². The van der Waals surface area contributed by atoms with Gasteiger partial charge in [-0.05, 0) is 31.3 Å². The Labute approximate surface area is 124 Å². The van der Waals surface area contributed by atoms with Crippen LogP contribution < -0.4 is 10.6 Å². The van der Waals surface area contributed by atoms with Crippen LogP contribution in [0.25, 0.3) is 0 Å². The Balaban J connectivity index is 2.47. The molecule has 1 aliphatic carbocycles. The highest BCUT2D eigenvalue weighted by atomic mass is 32.2. The Morgan fingerprint density at radius 3 is 2.45 bits per heavy atom. The molecular weight excluding hydrogens is 296 g/mol. The van der Waals surface area contributed by atoms with Crippen molar-refractivity contribution in [3.63, 3.8) is 0 Å². The Morgan fingerprint density at radius 2 is 1.95 bits per heavy atom. The number of nitrogen functional groups attached to an aromatic ring is 1. The third-order valence-electron chi connectivity index (χ3n) is 3.76. The second-order valence-electron chi connectivity index (χ2n) is 5.21. The standard InChI is InChI=1S/C12H22N4O2S2/c1-4-16(9-7-5-6-8-9)12-10(11(13)14-19-12)20(17,18)15(2)3/h9H,4-8H2,1-3H3,(H2,13,14). The van der Waals surface area contributed by atoms with E-state index in [1.165, 1.54) is 42.8 Å². The summed E-state index contributed by atoms with van der Waals surface area (Å²) in [6.07, 6.45) is 4.61. The van der Waals surface area contributed by atoms with Gasteiger partial charge in [-0.3, -0.25) is 0 Å². The molecule has 0 aliphatic heterocycles. The summed E-state index contributed by atoms with van der Waals surface area (Å²) in [4.78, 5) is 2.32. The van der Waals surface area contributed by atoms with E-state index in [0.29, 0.717) is 11.0 Å². The zero-order valence-corrected chi connectivity index (χ0v) is 13.8. The number of nitrogens with two attached hydrogens (primary N) is 1. The number of rotatable bonds is 5. The normalized spacial score (nSPS) is 17.0. The number of hydrogen-bond acceptors (Lipinski definition) is 6. The van der Waals surface area contributed by atoms with E-state index in [9.17, 15) is 8.42 Å². The van der Waals surface area contributed by atoms with Gasteiger partial charge in [0.15, 0.2) is 10.7 Å². The molecule has 0 amide bonds. The molecule has 0 spiro atoms. The Morgan fingerprint density at radius 1 is 1.35 bits per heavy atom. The molecule has 2 rings (SSSR count). The summed E-state index contributed by atoms with van der Waals surface area (Å²) in [6.45, 7) is 2.81. The van der Waals surface area contributed by atoms with E-state index in [1.807, 2.05) is 6.92 Å². The minimum absolute atomic E-state index is 0.107. The molecule has 1 saturated carbocycles. The van der Waals surface area contributed by atoms with Gasteiger partial charge in [-0.1, -0.05) is 12.8 Å². The molecule has 0 radical (unpaired) electrons. The summed E-state index contributed by atoms with van der Waals surface area (Å²) in [7, 11) is -0.533. The van der Waals surface area contributed by atoms with E-state index in [0.717, 1.165) is 19.4 Å². The van der Waals surface area contributed by atoms with E-state index >= 15 is 0 Å². The summed E-state index contributed by atoms with van der Waals surface area (Å²) < 4.78 is 30.2. The third kappa shape index (κ3) is 2.64. The molecule has 20 heavy (non-hydrogen) atoms. The SMILES string of the molecule is CCN(c1snc(N)c1S(=O)(=O)N(C)C)C1CCCC1. The molecular formula is C12H22N4O2S2. The van der Waals surface area contributed by atoms with E-state index in [1.54, 1.807) is 0 Å². The highest BCUT2D eigenvalue weighted by molar-refractivity contribution is 7.89. The van der Waals surface area contributed by atoms with Crippen LogP contribution in [0, 0.1) is 0 Å². The zero-order chi connectivity index (χ0) is 14.9. The van der Waals surface area contributed by atoms with Gasteiger partial charge in [0.25, 0.3) is 0 Å². The summed E-state index contributed by atoms with van der Waals surface area (Å²) >= 11 is 1.19. The Bertz CT molecular complexity index is 562. The summed E-state index contributed by atoms with van der Waals surface area (Å²) in [5.41, 5.74) is 5.82. The number of sulfonamides is 1. The fourth-order valence-corrected chi connectivity index (χ4v) is 5.02. The van der Waals surface area contributed by atoms with Gasteiger partial charge in [0.1, 0.15) is 5.00 Å². The molecule has 0 unspecified atom stereocenters. The van der Waals surface area contributed by atoms with Crippen LogP contribution in [-0.4, -0.2) is 43.8 Å². The predicted molar refractivity (Wildman–Crippen MR) is 82.7 cm³/mol. The molecule has 1 aromatic rings. The molecule has 6 nitrogen and oxygen atoms in total. The molecule has 0 saturated heterocycles. The van der Waals surface area contributed by atoms with Crippen LogP contribution in [0.3, 0.4) is 0 Å². The lowest BCUT2D eigenvalue weighted by atomic mass is 10.2. The number of hydrogen-bond donors (Lipinski definition) is 1. The lowest BCUT2D eigenvalue weighted by Gasteiger charge is -2.29. The minimum Gasteiger partial charge on any atom is -0.382 e. The van der Waals surface area contributed by atoms with Crippen LogP contribution in [-0.2, 0) is 10.0 Å². The van der Waals surface area contributed by atoms with Gasteiger partial charge in [0.2, 0.25) is 10.0 Å². The van der Waals surface area contributed by atoms with Gasteiger partial charge in [0.05, 0.1) is 0 Å². The third-order valence-corrected chi connectivity index (χ3v) is 6.67. The van der Waals surface area contributed by atoms with Gasteiger partial charge in [-0.25, -0.2) is 12.7 Å². The van der Waals surface area contributed by atoms with Crippen molar-refractivity contribution in [2.75, 3.05) is 31.3 Å². The number of nitrogens with zero attached hydrogens (tertiary/aromatic N) is 3. The van der Waals surface area contributed by atoms with Gasteiger partial charge in [0, 0.05) is 26.7 Å². The van der Waals surface area contributed by atoms with Crippen LogP contribution in [0.4, 0.5) is 10.8 Å². The van der Waals surface area contributed by atoms with Crippen LogP contribution in [0.15, 0.2) is 4.90 Å². The van der Waals surface area contributed by atoms with Crippen molar-refractivity contribution >= 4 is 32.4 Å². The maximum absolute atomic E-state index is 12.5.